The Bertz CT molecular complexity index is 1400. The van der Waals surface area contributed by atoms with Crippen LogP contribution in [0.5, 0.6) is 0 Å². The van der Waals surface area contributed by atoms with Gasteiger partial charge >= 0.3 is 0 Å². The fourth-order valence-electron chi connectivity index (χ4n) is 4.65. The first-order valence-corrected chi connectivity index (χ1v) is 13.8. The van der Waals surface area contributed by atoms with Gasteiger partial charge in [0.25, 0.3) is 0 Å². The minimum absolute atomic E-state index is 0. The molecule has 0 saturated carbocycles. The smallest absolute Gasteiger partial charge is 0.162 e. The molecule has 0 bridgehead atoms. The van der Waals surface area contributed by atoms with E-state index in [9.17, 15) is 14.3 Å². The zero-order valence-corrected chi connectivity index (χ0v) is 26.6. The van der Waals surface area contributed by atoms with Gasteiger partial charge in [-0.15, -0.1) is 34.9 Å². The van der Waals surface area contributed by atoms with Gasteiger partial charge in [0.05, 0.1) is 5.76 Å². The van der Waals surface area contributed by atoms with E-state index in [1.807, 2.05) is 46.8 Å². The number of ketones is 1. The van der Waals surface area contributed by atoms with Crippen molar-refractivity contribution in [1.29, 1.82) is 0 Å². The molecule has 40 heavy (non-hydrogen) atoms. The van der Waals surface area contributed by atoms with Crippen LogP contribution in [0.15, 0.2) is 71.0 Å². The third-order valence-electron chi connectivity index (χ3n) is 7.04. The SMILES string of the molecule is CCC(CC)C(=O)/C=C(\O)C(CC)CC.Cc1[c-]c(-c2cc3oc(-c4ccc(F)cc4)cc3cn2)cc(C)c1.[Ir]. The van der Waals surface area contributed by atoms with Gasteiger partial charge < -0.3 is 14.5 Å². The first-order valence-electron chi connectivity index (χ1n) is 13.8. The average Bonchev–Trinajstić information content (AvgIpc) is 3.34. The molecular weight excluding hydrogens is 682 g/mol. The standard InChI is InChI=1S/C21H15FNO.C13H24O2.Ir/c1-13-7-14(2)9-16(8-13)19-11-21-17(12-23-19)10-20(24-21)15-3-5-18(22)6-4-15;1-5-10(6-2)12(14)9-13(15)11(7-3)8-4;/h3-8,10-12H,1-2H3;9-11,14H,5-8H2,1-4H3;/q-1;;/b;12-9-;. The van der Waals surface area contributed by atoms with E-state index in [-0.39, 0.29) is 49.3 Å². The van der Waals surface area contributed by atoms with E-state index in [4.69, 9.17) is 4.42 Å². The molecule has 6 heteroatoms. The van der Waals surface area contributed by atoms with Crippen LogP contribution in [0.1, 0.15) is 64.5 Å². The molecule has 2 aromatic heterocycles. The van der Waals surface area contributed by atoms with Crippen LogP contribution in [-0.2, 0) is 24.9 Å². The summed E-state index contributed by atoms with van der Waals surface area (Å²) in [6.45, 7) is 12.2. The molecule has 0 aliphatic rings. The van der Waals surface area contributed by atoms with Crippen LogP contribution in [-0.4, -0.2) is 15.9 Å². The summed E-state index contributed by atoms with van der Waals surface area (Å²) in [6, 6.07) is 17.6. The number of aliphatic hydroxyl groups excluding tert-OH is 1. The maximum Gasteiger partial charge on any atom is 0.162 e. The molecule has 4 rings (SSSR count). The van der Waals surface area contributed by atoms with E-state index in [0.717, 1.165) is 59.0 Å². The number of halogens is 1. The maximum absolute atomic E-state index is 13.1. The van der Waals surface area contributed by atoms with Crippen molar-refractivity contribution in [3.63, 3.8) is 0 Å². The van der Waals surface area contributed by atoms with Gasteiger partial charge in [0.1, 0.15) is 17.2 Å². The summed E-state index contributed by atoms with van der Waals surface area (Å²) in [6.07, 6.45) is 6.70. The van der Waals surface area contributed by atoms with E-state index in [0.29, 0.717) is 5.76 Å². The van der Waals surface area contributed by atoms with Crippen molar-refractivity contribution >= 4 is 16.8 Å². The van der Waals surface area contributed by atoms with Gasteiger partial charge in [-0.1, -0.05) is 41.5 Å². The molecule has 0 atom stereocenters. The number of aliphatic hydroxyl groups is 1. The predicted molar refractivity (Wildman–Crippen MR) is 157 cm³/mol. The van der Waals surface area contributed by atoms with Gasteiger partial charge in [-0.05, 0) is 67.8 Å². The monoisotopic (exact) mass is 721 g/mol. The largest absolute Gasteiger partial charge is 0.512 e. The minimum atomic E-state index is -0.260. The van der Waals surface area contributed by atoms with Crippen LogP contribution in [0.3, 0.4) is 0 Å². The molecule has 0 aliphatic carbocycles. The van der Waals surface area contributed by atoms with Crippen LogP contribution in [0.4, 0.5) is 4.39 Å². The van der Waals surface area contributed by atoms with Crippen molar-refractivity contribution in [2.24, 2.45) is 11.8 Å². The van der Waals surface area contributed by atoms with Gasteiger partial charge in [0.2, 0.25) is 0 Å². The molecular formula is C34H39FIrNO3-. The van der Waals surface area contributed by atoms with Crippen molar-refractivity contribution in [1.82, 2.24) is 4.98 Å². The number of pyridine rings is 1. The number of carbonyl (C=O) groups is 1. The normalized spacial score (nSPS) is 11.4. The molecule has 0 saturated heterocycles. The Hall–Kier alpha value is -3.08. The summed E-state index contributed by atoms with van der Waals surface area (Å²) in [5.74, 6) is 0.989. The second kappa shape index (κ2) is 15.6. The van der Waals surface area contributed by atoms with Crippen molar-refractivity contribution in [2.75, 3.05) is 0 Å². The van der Waals surface area contributed by atoms with Crippen LogP contribution in [0, 0.1) is 37.6 Å². The Kier molecular flexibility index (Phi) is 13.0. The second-order valence-electron chi connectivity index (χ2n) is 9.98. The van der Waals surface area contributed by atoms with Crippen molar-refractivity contribution in [3.8, 4) is 22.6 Å². The molecule has 1 radical (unpaired) electrons. The zero-order chi connectivity index (χ0) is 28.5. The molecule has 2 heterocycles. The molecule has 4 nitrogen and oxygen atoms in total. The van der Waals surface area contributed by atoms with Crippen LogP contribution in [0.25, 0.3) is 33.6 Å². The number of hydrogen-bond acceptors (Lipinski definition) is 4. The molecule has 0 fully saturated rings. The van der Waals surface area contributed by atoms with Crippen LogP contribution < -0.4 is 0 Å². The average molecular weight is 721 g/mol. The van der Waals surface area contributed by atoms with Crippen molar-refractivity contribution in [3.05, 3.63) is 89.6 Å². The molecule has 0 amide bonds. The zero-order valence-electron chi connectivity index (χ0n) is 24.2. The van der Waals surface area contributed by atoms with E-state index >= 15 is 0 Å². The molecule has 0 spiro atoms. The first kappa shape index (κ1) is 33.1. The number of hydrogen-bond donors (Lipinski definition) is 1. The van der Waals surface area contributed by atoms with Gasteiger partial charge in [-0.3, -0.25) is 4.79 Å². The second-order valence-corrected chi connectivity index (χ2v) is 9.98. The molecule has 215 valence electrons. The quantitative estimate of drug-likeness (QED) is 0.106. The first-order chi connectivity index (χ1) is 18.7. The number of allylic oxidation sites excluding steroid dienone is 2. The number of carbonyl (C=O) groups excluding carboxylic acids is 1. The number of aryl methyl sites for hydroxylation is 2. The summed E-state index contributed by atoms with van der Waals surface area (Å²) in [4.78, 5) is 16.2. The summed E-state index contributed by atoms with van der Waals surface area (Å²) in [5.41, 5.74) is 5.63. The van der Waals surface area contributed by atoms with Crippen LogP contribution >= 0.6 is 0 Å². The fraction of sp³-hybridized carbons (Fsp3) is 0.353. The Labute approximate surface area is 251 Å². The van der Waals surface area contributed by atoms with Crippen molar-refractivity contribution < 1.29 is 38.8 Å². The number of benzene rings is 2. The number of aromatic nitrogens is 1. The van der Waals surface area contributed by atoms with Crippen molar-refractivity contribution in [2.45, 2.75) is 67.2 Å². The van der Waals surface area contributed by atoms with E-state index in [1.165, 1.54) is 23.8 Å². The predicted octanol–water partition coefficient (Wildman–Crippen LogP) is 9.59. The Morgan fingerprint density at radius 3 is 2.17 bits per heavy atom. The third-order valence-corrected chi connectivity index (χ3v) is 7.04. The molecule has 4 aromatic rings. The summed E-state index contributed by atoms with van der Waals surface area (Å²) in [5, 5.41) is 10.7. The number of furan rings is 1. The maximum atomic E-state index is 13.1. The minimum Gasteiger partial charge on any atom is -0.512 e. The summed E-state index contributed by atoms with van der Waals surface area (Å²) < 4.78 is 19.0. The summed E-state index contributed by atoms with van der Waals surface area (Å²) >= 11 is 0. The summed E-state index contributed by atoms with van der Waals surface area (Å²) in [7, 11) is 0. The Morgan fingerprint density at radius 1 is 0.975 bits per heavy atom. The molecule has 0 aliphatic heterocycles. The van der Waals surface area contributed by atoms with Gasteiger partial charge in [-0.2, -0.15) is 0 Å². The Morgan fingerprint density at radius 2 is 1.60 bits per heavy atom. The molecule has 2 aromatic carbocycles. The van der Waals surface area contributed by atoms with E-state index in [2.05, 4.69) is 30.1 Å². The topological polar surface area (TPSA) is 63.3 Å². The molecule has 0 unspecified atom stereocenters. The number of fused-ring (bicyclic) bond motifs is 1. The molecule has 1 N–H and O–H groups in total. The van der Waals surface area contributed by atoms with E-state index in [1.54, 1.807) is 18.3 Å². The fourth-order valence-corrected chi connectivity index (χ4v) is 4.65. The number of rotatable bonds is 9. The van der Waals surface area contributed by atoms with E-state index < -0.39 is 0 Å². The third kappa shape index (κ3) is 8.71. The van der Waals surface area contributed by atoms with Gasteiger partial charge in [0.15, 0.2) is 5.78 Å². The van der Waals surface area contributed by atoms with Gasteiger partial charge in [-0.25, -0.2) is 4.39 Å². The van der Waals surface area contributed by atoms with Gasteiger partial charge in [0, 0.05) is 55.2 Å². The Balaban J connectivity index is 0.000000307. The number of nitrogens with zero attached hydrogens (tertiary/aromatic N) is 1. The van der Waals surface area contributed by atoms with Crippen LogP contribution in [0.2, 0.25) is 0 Å².